The second-order valence-corrected chi connectivity index (χ2v) is 3.92. The van der Waals surface area contributed by atoms with E-state index in [1.165, 1.54) is 19.9 Å². The number of aromatic nitrogens is 2. The highest BCUT2D eigenvalue weighted by Gasteiger charge is 2.35. The molecule has 0 spiro atoms. The van der Waals surface area contributed by atoms with Crippen molar-refractivity contribution < 1.29 is 13.2 Å². The highest BCUT2D eigenvalue weighted by atomic mass is 19.4. The Morgan fingerprint density at radius 1 is 1.19 bits per heavy atom. The molecule has 86 valence electrons. The maximum absolute atomic E-state index is 12.8. The molecule has 0 saturated heterocycles. The number of rotatable bonds is 0. The van der Waals surface area contributed by atoms with Gasteiger partial charge in [-0.25, -0.2) is 0 Å². The van der Waals surface area contributed by atoms with Crippen LogP contribution in [0.5, 0.6) is 0 Å². The van der Waals surface area contributed by atoms with Crippen molar-refractivity contribution in [3.8, 4) is 0 Å². The zero-order chi connectivity index (χ0) is 12.1. The second kappa shape index (κ2) is 3.23. The molecule has 0 aliphatic carbocycles. The first-order valence-electron chi connectivity index (χ1n) is 4.84. The van der Waals surface area contributed by atoms with E-state index in [4.69, 9.17) is 0 Å². The van der Waals surface area contributed by atoms with E-state index >= 15 is 0 Å². The maximum atomic E-state index is 12.8. The molecule has 0 aliphatic heterocycles. The van der Waals surface area contributed by atoms with E-state index in [0.29, 0.717) is 16.6 Å². The zero-order valence-corrected chi connectivity index (χ0v) is 9.16. The molecule has 0 radical (unpaired) electrons. The van der Waals surface area contributed by atoms with Gasteiger partial charge < -0.3 is 0 Å². The summed E-state index contributed by atoms with van der Waals surface area (Å²) in [5.41, 5.74) is 1.16. The quantitative estimate of drug-likeness (QED) is 0.734. The molecule has 1 aromatic heterocycles. The van der Waals surface area contributed by atoms with Gasteiger partial charge in [-0.05, 0) is 38.0 Å². The molecule has 0 fully saturated rings. The van der Waals surface area contributed by atoms with Crippen LogP contribution in [-0.4, -0.2) is 10.2 Å². The van der Waals surface area contributed by atoms with E-state index < -0.39 is 11.7 Å². The summed E-state index contributed by atoms with van der Waals surface area (Å²) in [4.78, 5) is 0. The molecule has 5 heteroatoms. The van der Waals surface area contributed by atoms with E-state index in [0.717, 1.165) is 0 Å². The Kier molecular flexibility index (Phi) is 2.22. The highest BCUT2D eigenvalue weighted by Crippen LogP contribution is 2.37. The van der Waals surface area contributed by atoms with Gasteiger partial charge in [0.2, 0.25) is 0 Å². The van der Waals surface area contributed by atoms with Crippen LogP contribution in [-0.2, 0) is 6.18 Å². The van der Waals surface area contributed by atoms with Crippen molar-refractivity contribution in [2.45, 2.75) is 26.9 Å². The van der Waals surface area contributed by atoms with Crippen molar-refractivity contribution in [3.05, 3.63) is 28.5 Å². The van der Waals surface area contributed by atoms with Gasteiger partial charge in [0.1, 0.15) is 0 Å². The van der Waals surface area contributed by atoms with Crippen LogP contribution in [0.1, 0.15) is 22.4 Å². The Balaban J connectivity index is 2.90. The summed E-state index contributed by atoms with van der Waals surface area (Å²) in [6, 6.07) is 1.49. The number of fused-ring (bicyclic) bond motifs is 1. The first kappa shape index (κ1) is 11.0. The van der Waals surface area contributed by atoms with Crippen LogP contribution in [0.4, 0.5) is 13.2 Å². The number of nitrogens with zero attached hydrogens (tertiary/aromatic N) is 1. The third-order valence-corrected chi connectivity index (χ3v) is 2.76. The summed E-state index contributed by atoms with van der Waals surface area (Å²) < 4.78 is 38.5. The average Bonchev–Trinajstić information content (AvgIpc) is 2.44. The standard InChI is InChI=1S/C11H11F3N2/c1-5-4-8-9(7(3)15-16-8)6(2)10(5)11(12,13)14/h4H,1-3H3,(H,15,16). The molecular weight excluding hydrogens is 217 g/mol. The summed E-state index contributed by atoms with van der Waals surface area (Å²) in [6.07, 6.45) is -4.31. The zero-order valence-electron chi connectivity index (χ0n) is 9.16. The first-order chi connectivity index (χ1) is 7.32. The summed E-state index contributed by atoms with van der Waals surface area (Å²) >= 11 is 0. The van der Waals surface area contributed by atoms with Crippen LogP contribution in [0.15, 0.2) is 6.07 Å². The lowest BCUT2D eigenvalue weighted by Crippen LogP contribution is -2.10. The molecule has 0 aliphatic rings. The summed E-state index contributed by atoms with van der Waals surface area (Å²) in [5, 5.41) is 7.23. The number of aryl methyl sites for hydroxylation is 3. The van der Waals surface area contributed by atoms with Gasteiger partial charge in [-0.1, -0.05) is 0 Å². The molecule has 2 nitrogen and oxygen atoms in total. The molecule has 0 bridgehead atoms. The van der Waals surface area contributed by atoms with Gasteiger partial charge in [-0.3, -0.25) is 5.10 Å². The molecule has 0 amide bonds. The van der Waals surface area contributed by atoms with Crippen molar-refractivity contribution in [2.24, 2.45) is 0 Å². The number of hydrogen-bond donors (Lipinski definition) is 1. The van der Waals surface area contributed by atoms with Crippen LogP contribution in [0.2, 0.25) is 0 Å². The highest BCUT2D eigenvalue weighted by molar-refractivity contribution is 5.86. The lowest BCUT2D eigenvalue weighted by Gasteiger charge is -2.14. The summed E-state index contributed by atoms with van der Waals surface area (Å²) in [6.45, 7) is 4.65. The lowest BCUT2D eigenvalue weighted by molar-refractivity contribution is -0.138. The van der Waals surface area contributed by atoms with E-state index in [1.807, 2.05) is 0 Å². The second-order valence-electron chi connectivity index (χ2n) is 3.92. The van der Waals surface area contributed by atoms with Gasteiger partial charge in [0, 0.05) is 5.39 Å². The fourth-order valence-electron chi connectivity index (χ4n) is 2.17. The van der Waals surface area contributed by atoms with Crippen molar-refractivity contribution in [3.63, 3.8) is 0 Å². The Morgan fingerprint density at radius 3 is 2.38 bits per heavy atom. The predicted octanol–water partition coefficient (Wildman–Crippen LogP) is 3.51. The monoisotopic (exact) mass is 228 g/mol. The predicted molar refractivity (Wildman–Crippen MR) is 55.3 cm³/mol. The summed E-state index contributed by atoms with van der Waals surface area (Å²) in [7, 11) is 0. The minimum atomic E-state index is -4.31. The van der Waals surface area contributed by atoms with Crippen molar-refractivity contribution >= 4 is 10.9 Å². The number of alkyl halides is 3. The van der Waals surface area contributed by atoms with Gasteiger partial charge in [-0.2, -0.15) is 18.3 Å². The van der Waals surface area contributed by atoms with Crippen LogP contribution < -0.4 is 0 Å². The summed E-state index contributed by atoms with van der Waals surface area (Å²) in [5.74, 6) is 0. The van der Waals surface area contributed by atoms with Gasteiger partial charge in [0.15, 0.2) is 0 Å². The van der Waals surface area contributed by atoms with Crippen molar-refractivity contribution in [1.82, 2.24) is 10.2 Å². The van der Waals surface area contributed by atoms with Crippen molar-refractivity contribution in [1.29, 1.82) is 0 Å². The molecular formula is C11H11F3N2. The van der Waals surface area contributed by atoms with E-state index in [9.17, 15) is 13.2 Å². The van der Waals surface area contributed by atoms with Crippen molar-refractivity contribution in [2.75, 3.05) is 0 Å². The van der Waals surface area contributed by atoms with Crippen LogP contribution in [0.25, 0.3) is 10.9 Å². The molecule has 0 atom stereocenters. The SMILES string of the molecule is Cc1cc2[nH]nc(C)c2c(C)c1C(F)(F)F. The topological polar surface area (TPSA) is 28.7 Å². The smallest absolute Gasteiger partial charge is 0.278 e. The number of benzene rings is 1. The third kappa shape index (κ3) is 1.47. The fraction of sp³-hybridized carbons (Fsp3) is 0.364. The normalized spacial score (nSPS) is 12.4. The van der Waals surface area contributed by atoms with Gasteiger partial charge in [-0.15, -0.1) is 0 Å². The lowest BCUT2D eigenvalue weighted by atomic mass is 9.97. The molecule has 0 saturated carbocycles. The molecule has 1 aromatic carbocycles. The molecule has 2 aromatic rings. The molecule has 1 heterocycles. The van der Waals surface area contributed by atoms with E-state index in [2.05, 4.69) is 10.2 Å². The van der Waals surface area contributed by atoms with E-state index in [-0.39, 0.29) is 11.1 Å². The average molecular weight is 228 g/mol. The van der Waals surface area contributed by atoms with Gasteiger partial charge in [0.25, 0.3) is 0 Å². The maximum Gasteiger partial charge on any atom is 0.416 e. The Morgan fingerprint density at radius 2 is 1.81 bits per heavy atom. The largest absolute Gasteiger partial charge is 0.416 e. The minimum absolute atomic E-state index is 0.223. The number of H-pyrrole nitrogens is 1. The Hall–Kier alpha value is -1.52. The fourth-order valence-corrected chi connectivity index (χ4v) is 2.17. The van der Waals surface area contributed by atoms with Crippen LogP contribution in [0, 0.1) is 20.8 Å². The molecule has 0 unspecified atom stereocenters. The Labute approximate surface area is 90.5 Å². The molecule has 16 heavy (non-hydrogen) atoms. The van der Waals surface area contributed by atoms with E-state index in [1.54, 1.807) is 6.92 Å². The van der Waals surface area contributed by atoms with Gasteiger partial charge >= 0.3 is 6.18 Å². The molecule has 1 N–H and O–H groups in total. The number of aromatic amines is 1. The minimum Gasteiger partial charge on any atom is -0.278 e. The number of hydrogen-bond acceptors (Lipinski definition) is 1. The Bertz CT molecular complexity index is 552. The first-order valence-corrected chi connectivity index (χ1v) is 4.84. The third-order valence-electron chi connectivity index (χ3n) is 2.76. The van der Waals surface area contributed by atoms with Crippen LogP contribution >= 0.6 is 0 Å². The number of nitrogens with one attached hydrogen (secondary N) is 1. The van der Waals surface area contributed by atoms with Gasteiger partial charge in [0.05, 0.1) is 16.8 Å². The van der Waals surface area contributed by atoms with Crippen LogP contribution in [0.3, 0.4) is 0 Å². The molecule has 2 rings (SSSR count). The number of halogens is 3.